The minimum atomic E-state index is -3.69. The average Bonchev–Trinajstić information content (AvgIpc) is 2.78. The molecule has 3 rings (SSSR count). The van der Waals surface area contributed by atoms with Crippen molar-refractivity contribution in [3.05, 3.63) is 94.0 Å². The number of anilines is 1. The normalized spacial score (nSPS) is 11.4. The quantitative estimate of drug-likeness (QED) is 0.348. The van der Waals surface area contributed by atoms with Gasteiger partial charge in [0, 0.05) is 5.02 Å². The van der Waals surface area contributed by atoms with Crippen LogP contribution < -0.4 is 14.5 Å². The van der Waals surface area contributed by atoms with Crippen molar-refractivity contribution in [2.45, 2.75) is 20.5 Å². The molecular formula is C25H26ClN3O4S. The summed E-state index contributed by atoms with van der Waals surface area (Å²) >= 11 is 5.95. The van der Waals surface area contributed by atoms with Gasteiger partial charge in [0.15, 0.2) is 0 Å². The zero-order valence-corrected chi connectivity index (χ0v) is 20.7. The first-order valence-corrected chi connectivity index (χ1v) is 12.7. The van der Waals surface area contributed by atoms with Gasteiger partial charge in [-0.15, -0.1) is 0 Å². The molecular weight excluding hydrogens is 474 g/mol. The van der Waals surface area contributed by atoms with Crippen LogP contribution in [0.3, 0.4) is 0 Å². The number of ether oxygens (including phenoxy) is 1. The van der Waals surface area contributed by atoms with Crippen LogP contribution in [-0.2, 0) is 21.4 Å². The molecule has 7 nitrogen and oxygen atoms in total. The molecule has 0 aromatic heterocycles. The van der Waals surface area contributed by atoms with Crippen molar-refractivity contribution < 1.29 is 17.9 Å². The van der Waals surface area contributed by atoms with E-state index in [9.17, 15) is 13.2 Å². The van der Waals surface area contributed by atoms with E-state index in [1.165, 1.54) is 11.8 Å². The first-order chi connectivity index (χ1) is 16.1. The Kier molecular flexibility index (Phi) is 8.31. The molecule has 0 aliphatic heterocycles. The standard InChI is InChI=1S/C25H26ClN3O4S/c1-18-4-6-21(7-5-18)17-33-23-11-8-20(9-12-23)15-27-28-25(30)16-29(34(3,31)32)24-13-10-22(26)14-19(24)2/h4-15H,16-17H2,1-3H3,(H,28,30)/b27-15-. The molecule has 0 radical (unpaired) electrons. The predicted octanol–water partition coefficient (Wildman–Crippen LogP) is 4.45. The molecule has 0 unspecified atom stereocenters. The van der Waals surface area contributed by atoms with Gasteiger partial charge in [0.1, 0.15) is 18.9 Å². The van der Waals surface area contributed by atoms with Gasteiger partial charge in [0.25, 0.3) is 5.91 Å². The second kappa shape index (κ2) is 11.2. The number of hydrogen-bond acceptors (Lipinski definition) is 5. The fourth-order valence-electron chi connectivity index (χ4n) is 3.13. The van der Waals surface area contributed by atoms with Crippen LogP contribution in [0.25, 0.3) is 0 Å². The van der Waals surface area contributed by atoms with Crippen molar-refractivity contribution in [2.75, 3.05) is 17.1 Å². The summed E-state index contributed by atoms with van der Waals surface area (Å²) in [6.45, 7) is 3.82. The first kappa shape index (κ1) is 25.3. The van der Waals surface area contributed by atoms with Crippen molar-refractivity contribution in [1.29, 1.82) is 0 Å². The highest BCUT2D eigenvalue weighted by molar-refractivity contribution is 7.92. The second-order valence-electron chi connectivity index (χ2n) is 7.84. The summed E-state index contributed by atoms with van der Waals surface area (Å²) in [5.74, 6) is 0.137. The maximum Gasteiger partial charge on any atom is 0.260 e. The van der Waals surface area contributed by atoms with Gasteiger partial charge in [0.05, 0.1) is 18.2 Å². The summed E-state index contributed by atoms with van der Waals surface area (Å²) in [6.07, 6.45) is 2.51. The smallest absolute Gasteiger partial charge is 0.260 e. The van der Waals surface area contributed by atoms with Gasteiger partial charge in [-0.2, -0.15) is 5.10 Å². The number of hydrazone groups is 1. The third kappa shape index (κ3) is 7.33. The number of hydrogen-bond donors (Lipinski definition) is 1. The Bertz CT molecular complexity index is 1270. The molecule has 3 aromatic carbocycles. The monoisotopic (exact) mass is 499 g/mol. The molecule has 0 bridgehead atoms. The molecule has 0 aliphatic rings. The lowest BCUT2D eigenvalue weighted by atomic mass is 10.2. The van der Waals surface area contributed by atoms with E-state index in [0.717, 1.165) is 21.7 Å². The van der Waals surface area contributed by atoms with Gasteiger partial charge >= 0.3 is 0 Å². The molecule has 178 valence electrons. The third-order valence-corrected chi connectivity index (χ3v) is 6.29. The van der Waals surface area contributed by atoms with Crippen molar-refractivity contribution >= 4 is 39.4 Å². The van der Waals surface area contributed by atoms with E-state index in [2.05, 4.69) is 10.5 Å². The fraction of sp³-hybridized carbons (Fsp3) is 0.200. The minimum absolute atomic E-state index is 0.382. The van der Waals surface area contributed by atoms with Gasteiger partial charge in [-0.05, 0) is 73.0 Å². The lowest BCUT2D eigenvalue weighted by molar-refractivity contribution is -0.119. The zero-order chi connectivity index (χ0) is 24.7. The number of aryl methyl sites for hydroxylation is 2. The van der Waals surface area contributed by atoms with Crippen LogP contribution in [0.4, 0.5) is 5.69 Å². The van der Waals surface area contributed by atoms with Crippen molar-refractivity contribution in [1.82, 2.24) is 5.43 Å². The minimum Gasteiger partial charge on any atom is -0.489 e. The predicted molar refractivity (Wildman–Crippen MR) is 136 cm³/mol. The van der Waals surface area contributed by atoms with Crippen LogP contribution >= 0.6 is 11.6 Å². The Labute approximate surface area is 205 Å². The molecule has 0 saturated carbocycles. The second-order valence-corrected chi connectivity index (χ2v) is 10.2. The Morgan fingerprint density at radius 2 is 1.74 bits per heavy atom. The molecule has 0 fully saturated rings. The van der Waals surface area contributed by atoms with Crippen molar-refractivity contribution in [3.63, 3.8) is 0 Å². The van der Waals surface area contributed by atoms with Crippen molar-refractivity contribution in [2.24, 2.45) is 5.10 Å². The molecule has 0 atom stereocenters. The number of nitrogens with one attached hydrogen (secondary N) is 1. The third-order valence-electron chi connectivity index (χ3n) is 4.92. The van der Waals surface area contributed by atoms with E-state index in [0.29, 0.717) is 28.6 Å². The number of halogens is 1. The number of amides is 1. The highest BCUT2D eigenvalue weighted by atomic mass is 35.5. The highest BCUT2D eigenvalue weighted by Gasteiger charge is 2.22. The molecule has 9 heteroatoms. The summed E-state index contributed by atoms with van der Waals surface area (Å²) in [4.78, 5) is 12.4. The van der Waals surface area contributed by atoms with Crippen LogP contribution in [0.1, 0.15) is 22.3 Å². The van der Waals surface area contributed by atoms with Gasteiger partial charge in [-0.1, -0.05) is 41.4 Å². The number of benzene rings is 3. The summed E-state index contributed by atoms with van der Waals surface area (Å²) < 4.78 is 31.3. The Hall–Kier alpha value is -3.36. The van der Waals surface area contributed by atoms with Gasteiger partial charge in [0.2, 0.25) is 10.0 Å². The van der Waals surface area contributed by atoms with E-state index >= 15 is 0 Å². The summed E-state index contributed by atoms with van der Waals surface area (Å²) in [6, 6.07) is 20.1. The summed E-state index contributed by atoms with van der Waals surface area (Å²) in [5.41, 5.74) is 6.41. The number of rotatable bonds is 9. The van der Waals surface area contributed by atoms with Crippen LogP contribution in [0.5, 0.6) is 5.75 Å². The highest BCUT2D eigenvalue weighted by Crippen LogP contribution is 2.25. The molecule has 1 N–H and O–H groups in total. The molecule has 0 spiro atoms. The number of carbonyl (C=O) groups is 1. The molecule has 34 heavy (non-hydrogen) atoms. The van der Waals surface area contributed by atoms with E-state index in [4.69, 9.17) is 16.3 Å². The number of sulfonamides is 1. The van der Waals surface area contributed by atoms with E-state index in [1.807, 2.05) is 43.3 Å². The maximum atomic E-state index is 12.4. The van der Waals surface area contributed by atoms with E-state index < -0.39 is 22.5 Å². The Balaban J connectivity index is 1.56. The lowest BCUT2D eigenvalue weighted by Gasteiger charge is -2.23. The molecule has 0 aliphatic carbocycles. The molecule has 0 heterocycles. The van der Waals surface area contributed by atoms with E-state index in [-0.39, 0.29) is 0 Å². The van der Waals surface area contributed by atoms with Crippen LogP contribution in [0, 0.1) is 13.8 Å². The van der Waals surface area contributed by atoms with E-state index in [1.54, 1.807) is 37.3 Å². The van der Waals surface area contributed by atoms with Gasteiger partial charge in [-0.3, -0.25) is 9.10 Å². The first-order valence-electron chi connectivity index (χ1n) is 10.5. The largest absolute Gasteiger partial charge is 0.489 e. The molecule has 0 saturated heterocycles. The molecule has 3 aromatic rings. The van der Waals surface area contributed by atoms with Crippen molar-refractivity contribution in [3.8, 4) is 5.75 Å². The van der Waals surface area contributed by atoms with Crippen LogP contribution in [-0.4, -0.2) is 33.3 Å². The SMILES string of the molecule is Cc1ccc(COc2ccc(/C=N\NC(=O)CN(c3ccc(Cl)cc3C)S(C)(=O)=O)cc2)cc1. The van der Waals surface area contributed by atoms with Crippen LogP contribution in [0.15, 0.2) is 71.8 Å². The topological polar surface area (TPSA) is 88.1 Å². The van der Waals surface area contributed by atoms with Gasteiger partial charge < -0.3 is 4.74 Å². The Morgan fingerprint density at radius 1 is 1.06 bits per heavy atom. The summed E-state index contributed by atoms with van der Waals surface area (Å²) in [7, 11) is -3.69. The number of carbonyl (C=O) groups excluding carboxylic acids is 1. The average molecular weight is 500 g/mol. The zero-order valence-electron chi connectivity index (χ0n) is 19.2. The molecule has 1 amide bonds. The van der Waals surface area contributed by atoms with Gasteiger partial charge in [-0.25, -0.2) is 13.8 Å². The summed E-state index contributed by atoms with van der Waals surface area (Å²) in [5, 5.41) is 4.41. The Morgan fingerprint density at radius 3 is 2.35 bits per heavy atom. The lowest BCUT2D eigenvalue weighted by Crippen LogP contribution is -2.39. The van der Waals surface area contributed by atoms with Crippen LogP contribution in [0.2, 0.25) is 5.02 Å². The number of nitrogens with zero attached hydrogens (tertiary/aromatic N) is 2. The maximum absolute atomic E-state index is 12.4. The fourth-order valence-corrected chi connectivity index (χ4v) is 4.27.